The number of para-hydroxylation sites is 4. The van der Waals surface area contributed by atoms with E-state index in [-0.39, 0.29) is 11.8 Å². The van der Waals surface area contributed by atoms with Gasteiger partial charge in [-0.15, -0.1) is 0 Å². The minimum atomic E-state index is 0.0469. The second kappa shape index (κ2) is 8.50. The van der Waals surface area contributed by atoms with Crippen molar-refractivity contribution in [1.29, 1.82) is 0 Å². The van der Waals surface area contributed by atoms with Crippen molar-refractivity contribution in [2.45, 2.75) is 32.7 Å². The van der Waals surface area contributed by atoms with Gasteiger partial charge in [0, 0.05) is 24.6 Å². The number of aromatic nitrogens is 2. The van der Waals surface area contributed by atoms with E-state index in [1.165, 1.54) is 0 Å². The van der Waals surface area contributed by atoms with E-state index in [0.717, 1.165) is 39.4 Å². The van der Waals surface area contributed by atoms with Gasteiger partial charge in [0.1, 0.15) is 18.2 Å². The Bertz CT molecular complexity index is 1240. The normalized spacial score (nSPS) is 16.1. The summed E-state index contributed by atoms with van der Waals surface area (Å²) in [5.74, 6) is 2.03. The van der Waals surface area contributed by atoms with E-state index in [0.29, 0.717) is 26.1 Å². The Balaban J connectivity index is 1.44. The fourth-order valence-electron chi connectivity index (χ4n) is 4.74. The van der Waals surface area contributed by atoms with Crippen molar-refractivity contribution < 1.29 is 9.53 Å². The van der Waals surface area contributed by atoms with Gasteiger partial charge in [-0.1, -0.05) is 48.5 Å². The molecular formula is C27H27N3O2. The first kappa shape index (κ1) is 20.3. The van der Waals surface area contributed by atoms with E-state index in [4.69, 9.17) is 9.72 Å². The number of amides is 1. The summed E-state index contributed by atoms with van der Waals surface area (Å²) >= 11 is 0. The quantitative estimate of drug-likeness (QED) is 0.424. The van der Waals surface area contributed by atoms with Crippen LogP contribution in [0, 0.1) is 13.8 Å². The van der Waals surface area contributed by atoms with Gasteiger partial charge in [0.2, 0.25) is 5.91 Å². The van der Waals surface area contributed by atoms with Crippen LogP contribution in [-0.4, -0.2) is 28.6 Å². The van der Waals surface area contributed by atoms with Gasteiger partial charge in [-0.2, -0.15) is 0 Å². The fourth-order valence-corrected chi connectivity index (χ4v) is 4.74. The largest absolute Gasteiger partial charge is 0.492 e. The first-order valence-corrected chi connectivity index (χ1v) is 11.1. The predicted molar refractivity (Wildman–Crippen MR) is 127 cm³/mol. The molecule has 1 aromatic heterocycles. The molecule has 32 heavy (non-hydrogen) atoms. The highest BCUT2D eigenvalue weighted by Crippen LogP contribution is 2.36. The molecule has 0 bridgehead atoms. The molecule has 1 amide bonds. The maximum absolute atomic E-state index is 13.1. The van der Waals surface area contributed by atoms with Crippen molar-refractivity contribution in [1.82, 2.24) is 9.55 Å². The average molecular weight is 426 g/mol. The number of fused-ring (bicyclic) bond motifs is 1. The number of hydrogen-bond donors (Lipinski definition) is 0. The number of nitrogens with zero attached hydrogens (tertiary/aromatic N) is 3. The first-order valence-electron chi connectivity index (χ1n) is 11.1. The fraction of sp³-hybridized carbons (Fsp3) is 0.259. The van der Waals surface area contributed by atoms with Gasteiger partial charge in [-0.3, -0.25) is 4.79 Å². The molecule has 5 nitrogen and oxygen atoms in total. The summed E-state index contributed by atoms with van der Waals surface area (Å²) in [4.78, 5) is 20.0. The van der Waals surface area contributed by atoms with Crippen LogP contribution in [0.5, 0.6) is 5.75 Å². The van der Waals surface area contributed by atoms with Crippen LogP contribution in [0.25, 0.3) is 11.0 Å². The highest BCUT2D eigenvalue weighted by atomic mass is 16.5. The van der Waals surface area contributed by atoms with Gasteiger partial charge < -0.3 is 14.2 Å². The second-order valence-corrected chi connectivity index (χ2v) is 8.42. The van der Waals surface area contributed by atoms with Crippen molar-refractivity contribution in [2.24, 2.45) is 0 Å². The maximum atomic E-state index is 13.1. The lowest BCUT2D eigenvalue weighted by atomic mass is 10.1. The van der Waals surface area contributed by atoms with Gasteiger partial charge in [0.25, 0.3) is 0 Å². The summed E-state index contributed by atoms with van der Waals surface area (Å²) in [5.41, 5.74) is 5.33. The van der Waals surface area contributed by atoms with Gasteiger partial charge in [0.15, 0.2) is 0 Å². The molecule has 1 aliphatic rings. The molecule has 0 saturated carbocycles. The molecule has 0 spiro atoms. The van der Waals surface area contributed by atoms with E-state index in [2.05, 4.69) is 36.6 Å². The molecular weight excluding hydrogens is 398 g/mol. The third kappa shape index (κ3) is 3.75. The van der Waals surface area contributed by atoms with E-state index in [1.807, 2.05) is 59.5 Å². The zero-order valence-electron chi connectivity index (χ0n) is 18.5. The molecule has 1 unspecified atom stereocenters. The molecule has 1 aliphatic heterocycles. The van der Waals surface area contributed by atoms with Crippen LogP contribution in [0.2, 0.25) is 0 Å². The number of hydrogen-bond acceptors (Lipinski definition) is 3. The third-order valence-corrected chi connectivity index (χ3v) is 6.21. The molecule has 5 rings (SSSR count). The number of benzene rings is 3. The maximum Gasteiger partial charge on any atom is 0.227 e. The van der Waals surface area contributed by atoms with Crippen LogP contribution in [0.3, 0.4) is 0 Å². The number of anilines is 1. The Morgan fingerprint density at radius 3 is 2.44 bits per heavy atom. The zero-order valence-corrected chi connectivity index (χ0v) is 18.5. The molecule has 0 aliphatic carbocycles. The van der Waals surface area contributed by atoms with Gasteiger partial charge in [0.05, 0.1) is 17.6 Å². The predicted octanol–water partition coefficient (Wildman–Crippen LogP) is 5.25. The second-order valence-electron chi connectivity index (χ2n) is 8.42. The SMILES string of the molecule is Cc1cccc(C)c1N1CC(c2nc3ccccc3n2CCOc2ccccc2)CC1=O. The van der Waals surface area contributed by atoms with E-state index in [1.54, 1.807) is 0 Å². The highest BCUT2D eigenvalue weighted by molar-refractivity contribution is 5.98. The molecule has 0 radical (unpaired) electrons. The Labute approximate surface area is 188 Å². The number of ether oxygens (including phenoxy) is 1. The van der Waals surface area contributed by atoms with Gasteiger partial charge in [-0.25, -0.2) is 4.98 Å². The van der Waals surface area contributed by atoms with Crippen molar-refractivity contribution in [3.63, 3.8) is 0 Å². The number of aryl methyl sites for hydroxylation is 2. The highest BCUT2D eigenvalue weighted by Gasteiger charge is 2.35. The topological polar surface area (TPSA) is 47.4 Å². The lowest BCUT2D eigenvalue weighted by molar-refractivity contribution is -0.117. The number of carbonyl (C=O) groups excluding carboxylic acids is 1. The Morgan fingerprint density at radius 1 is 0.938 bits per heavy atom. The number of carbonyl (C=O) groups is 1. The van der Waals surface area contributed by atoms with Crippen molar-refractivity contribution in [3.8, 4) is 5.75 Å². The lowest BCUT2D eigenvalue weighted by Gasteiger charge is -2.21. The van der Waals surface area contributed by atoms with Crippen molar-refractivity contribution in [3.05, 3.63) is 89.7 Å². The summed E-state index contributed by atoms with van der Waals surface area (Å²) in [7, 11) is 0. The summed E-state index contributed by atoms with van der Waals surface area (Å²) in [5, 5.41) is 0. The summed E-state index contributed by atoms with van der Waals surface area (Å²) in [6.45, 7) is 6.00. The molecule has 2 heterocycles. The number of rotatable bonds is 6. The third-order valence-electron chi connectivity index (χ3n) is 6.21. The van der Waals surface area contributed by atoms with Crippen LogP contribution in [0.1, 0.15) is 29.3 Å². The Kier molecular flexibility index (Phi) is 5.39. The number of imidazole rings is 1. The Morgan fingerprint density at radius 2 is 1.66 bits per heavy atom. The molecule has 0 N–H and O–H groups in total. The minimum Gasteiger partial charge on any atom is -0.492 e. The standard InChI is InChI=1S/C27H27N3O2/c1-19-9-8-10-20(2)26(19)30-18-21(17-25(30)31)27-28-23-13-6-7-14-24(23)29(27)15-16-32-22-11-4-3-5-12-22/h3-14,21H,15-18H2,1-2H3. The van der Waals surface area contributed by atoms with Crippen LogP contribution in [-0.2, 0) is 11.3 Å². The van der Waals surface area contributed by atoms with E-state index in [9.17, 15) is 4.79 Å². The zero-order chi connectivity index (χ0) is 22.1. The van der Waals surface area contributed by atoms with E-state index >= 15 is 0 Å². The lowest BCUT2D eigenvalue weighted by Crippen LogP contribution is -2.26. The average Bonchev–Trinajstić information content (AvgIpc) is 3.35. The van der Waals surface area contributed by atoms with E-state index < -0.39 is 0 Å². The summed E-state index contributed by atoms with van der Waals surface area (Å²) < 4.78 is 8.19. The van der Waals surface area contributed by atoms with Crippen LogP contribution in [0.15, 0.2) is 72.8 Å². The molecule has 5 heteroatoms. The summed E-state index contributed by atoms with van der Waals surface area (Å²) in [6.07, 6.45) is 0.469. The molecule has 4 aromatic rings. The van der Waals surface area contributed by atoms with Crippen molar-refractivity contribution >= 4 is 22.6 Å². The monoisotopic (exact) mass is 425 g/mol. The Hall–Kier alpha value is -3.60. The van der Waals surface area contributed by atoms with Crippen LogP contribution < -0.4 is 9.64 Å². The van der Waals surface area contributed by atoms with Crippen molar-refractivity contribution in [2.75, 3.05) is 18.1 Å². The van der Waals surface area contributed by atoms with Crippen LogP contribution >= 0.6 is 0 Å². The smallest absolute Gasteiger partial charge is 0.227 e. The minimum absolute atomic E-state index is 0.0469. The molecule has 3 aromatic carbocycles. The molecule has 162 valence electrons. The summed E-state index contributed by atoms with van der Waals surface area (Å²) in [6, 6.07) is 24.2. The van der Waals surface area contributed by atoms with Gasteiger partial charge in [-0.05, 0) is 49.2 Å². The first-order chi connectivity index (χ1) is 15.6. The van der Waals surface area contributed by atoms with Gasteiger partial charge >= 0.3 is 0 Å². The molecule has 1 saturated heterocycles. The molecule has 1 fully saturated rings. The van der Waals surface area contributed by atoms with Crippen LogP contribution in [0.4, 0.5) is 5.69 Å². The molecule has 1 atom stereocenters.